The molecule has 1 saturated heterocycles. The number of likely N-dealkylation sites (N-methyl/N-ethyl adjacent to an activating group) is 1. The predicted molar refractivity (Wildman–Crippen MR) is 89.7 cm³/mol. The molecular weight excluding hydrogens is 292 g/mol. The summed E-state index contributed by atoms with van der Waals surface area (Å²) in [5.74, 6) is 0.0208. The Morgan fingerprint density at radius 2 is 1.87 bits per heavy atom. The Morgan fingerprint density at radius 3 is 2.48 bits per heavy atom. The smallest absolute Gasteiger partial charge is 0.233 e. The van der Waals surface area contributed by atoms with E-state index in [0.29, 0.717) is 13.0 Å². The number of nitrogens with zero attached hydrogens (tertiary/aromatic N) is 1. The molecule has 1 heterocycles. The minimum Gasteiger partial charge on any atom is -0.358 e. The molecule has 126 valence electrons. The van der Waals surface area contributed by atoms with Gasteiger partial charge in [-0.1, -0.05) is 30.3 Å². The lowest BCUT2D eigenvalue weighted by Crippen LogP contribution is -2.47. The van der Waals surface area contributed by atoms with Gasteiger partial charge in [-0.15, -0.1) is 0 Å². The SMILES string of the molecule is CNC(=O)CN1CCC(NC(=O)CC(N)c2ccccc2)CC1. The third-order valence-electron chi connectivity index (χ3n) is 4.23. The molecule has 1 atom stereocenters. The highest BCUT2D eigenvalue weighted by Crippen LogP contribution is 2.14. The van der Waals surface area contributed by atoms with E-state index < -0.39 is 0 Å². The fraction of sp³-hybridized carbons (Fsp3) is 0.529. The van der Waals surface area contributed by atoms with E-state index in [4.69, 9.17) is 5.73 Å². The lowest BCUT2D eigenvalue weighted by Gasteiger charge is -2.31. The van der Waals surface area contributed by atoms with Crippen LogP contribution in [0.5, 0.6) is 0 Å². The van der Waals surface area contributed by atoms with Crippen LogP contribution >= 0.6 is 0 Å². The van der Waals surface area contributed by atoms with Gasteiger partial charge in [0.15, 0.2) is 0 Å². The summed E-state index contributed by atoms with van der Waals surface area (Å²) in [4.78, 5) is 25.6. The maximum Gasteiger partial charge on any atom is 0.233 e. The highest BCUT2D eigenvalue weighted by molar-refractivity contribution is 5.78. The largest absolute Gasteiger partial charge is 0.358 e. The first kappa shape index (κ1) is 17.4. The van der Waals surface area contributed by atoms with Gasteiger partial charge in [-0.2, -0.15) is 0 Å². The zero-order valence-corrected chi connectivity index (χ0v) is 13.6. The molecule has 1 aromatic rings. The van der Waals surface area contributed by atoms with E-state index in [0.717, 1.165) is 31.5 Å². The number of carbonyl (C=O) groups is 2. The molecule has 23 heavy (non-hydrogen) atoms. The summed E-state index contributed by atoms with van der Waals surface area (Å²) in [7, 11) is 1.64. The molecule has 1 aromatic carbocycles. The Kier molecular flexibility index (Phi) is 6.55. The molecular formula is C17H26N4O2. The van der Waals surface area contributed by atoms with Crippen LogP contribution in [0.2, 0.25) is 0 Å². The Balaban J connectivity index is 1.71. The van der Waals surface area contributed by atoms with Gasteiger partial charge in [0.2, 0.25) is 11.8 Å². The molecule has 1 aliphatic rings. The lowest BCUT2D eigenvalue weighted by atomic mass is 10.0. The molecule has 6 heteroatoms. The average Bonchev–Trinajstić information content (AvgIpc) is 2.57. The number of nitrogens with two attached hydrogens (primary N) is 1. The summed E-state index contributed by atoms with van der Waals surface area (Å²) < 4.78 is 0. The number of amides is 2. The third kappa shape index (κ3) is 5.65. The van der Waals surface area contributed by atoms with Crippen molar-refractivity contribution in [3.05, 3.63) is 35.9 Å². The van der Waals surface area contributed by atoms with Crippen LogP contribution in [0.25, 0.3) is 0 Å². The minimum absolute atomic E-state index is 0.00824. The van der Waals surface area contributed by atoms with Crippen LogP contribution in [0, 0.1) is 0 Å². The van der Waals surface area contributed by atoms with Crippen molar-refractivity contribution in [3.63, 3.8) is 0 Å². The van der Waals surface area contributed by atoms with Gasteiger partial charge in [0.1, 0.15) is 0 Å². The molecule has 4 N–H and O–H groups in total. The summed E-state index contributed by atoms with van der Waals surface area (Å²) >= 11 is 0. The zero-order chi connectivity index (χ0) is 16.7. The molecule has 1 fully saturated rings. The second-order valence-electron chi connectivity index (χ2n) is 6.01. The summed E-state index contributed by atoms with van der Waals surface area (Å²) in [6.07, 6.45) is 2.02. The van der Waals surface area contributed by atoms with Crippen LogP contribution in [-0.2, 0) is 9.59 Å². The third-order valence-corrected chi connectivity index (χ3v) is 4.23. The first-order chi connectivity index (χ1) is 11.1. The van der Waals surface area contributed by atoms with Crippen molar-refractivity contribution in [2.24, 2.45) is 5.73 Å². The zero-order valence-electron chi connectivity index (χ0n) is 13.6. The average molecular weight is 318 g/mol. The molecule has 1 unspecified atom stereocenters. The Morgan fingerprint density at radius 1 is 1.22 bits per heavy atom. The van der Waals surface area contributed by atoms with Gasteiger partial charge in [0.25, 0.3) is 0 Å². The Hall–Kier alpha value is -1.92. The minimum atomic E-state index is -0.274. The van der Waals surface area contributed by atoms with Crippen molar-refractivity contribution in [2.75, 3.05) is 26.7 Å². The molecule has 0 aromatic heterocycles. The maximum absolute atomic E-state index is 12.1. The van der Waals surface area contributed by atoms with Crippen LogP contribution in [0.3, 0.4) is 0 Å². The number of carbonyl (C=O) groups excluding carboxylic acids is 2. The number of benzene rings is 1. The Bertz CT molecular complexity index is 513. The molecule has 1 aliphatic heterocycles. The molecule has 0 spiro atoms. The highest BCUT2D eigenvalue weighted by atomic mass is 16.2. The van der Waals surface area contributed by atoms with Crippen molar-refractivity contribution < 1.29 is 9.59 Å². The maximum atomic E-state index is 12.1. The van der Waals surface area contributed by atoms with Gasteiger partial charge in [-0.25, -0.2) is 0 Å². The number of piperidine rings is 1. The highest BCUT2D eigenvalue weighted by Gasteiger charge is 2.22. The first-order valence-electron chi connectivity index (χ1n) is 8.11. The van der Waals surface area contributed by atoms with Crippen LogP contribution < -0.4 is 16.4 Å². The van der Waals surface area contributed by atoms with Crippen molar-refractivity contribution in [3.8, 4) is 0 Å². The predicted octanol–water partition coefficient (Wildman–Crippen LogP) is 0.403. The van der Waals surface area contributed by atoms with Gasteiger partial charge in [-0.3, -0.25) is 14.5 Å². The first-order valence-corrected chi connectivity index (χ1v) is 8.11. The molecule has 2 rings (SSSR count). The van der Waals surface area contributed by atoms with Crippen LogP contribution in [0.1, 0.15) is 30.9 Å². The fourth-order valence-corrected chi connectivity index (χ4v) is 2.82. The number of hydrogen-bond donors (Lipinski definition) is 3. The van der Waals surface area contributed by atoms with Gasteiger partial charge < -0.3 is 16.4 Å². The summed E-state index contributed by atoms with van der Waals surface area (Å²) in [5, 5.41) is 5.69. The van der Waals surface area contributed by atoms with E-state index in [9.17, 15) is 9.59 Å². The van der Waals surface area contributed by atoms with Gasteiger partial charge in [0, 0.05) is 38.6 Å². The van der Waals surface area contributed by atoms with Gasteiger partial charge in [0.05, 0.1) is 6.54 Å². The standard InChI is InChI=1S/C17H26N4O2/c1-19-17(23)12-21-9-7-14(8-10-21)20-16(22)11-15(18)13-5-3-2-4-6-13/h2-6,14-15H,7-12,18H2,1H3,(H,19,23)(H,20,22). The summed E-state index contributed by atoms with van der Waals surface area (Å²) in [6.45, 7) is 2.07. The lowest BCUT2D eigenvalue weighted by molar-refractivity contribution is -0.124. The van der Waals surface area contributed by atoms with Gasteiger partial charge in [-0.05, 0) is 18.4 Å². The van der Waals surface area contributed by atoms with E-state index in [1.165, 1.54) is 0 Å². The molecule has 0 radical (unpaired) electrons. The van der Waals surface area contributed by atoms with Crippen molar-refractivity contribution >= 4 is 11.8 Å². The van der Waals surface area contributed by atoms with Crippen LogP contribution in [-0.4, -0.2) is 49.4 Å². The van der Waals surface area contributed by atoms with E-state index in [1.54, 1.807) is 7.05 Å². The number of hydrogen-bond acceptors (Lipinski definition) is 4. The van der Waals surface area contributed by atoms with E-state index in [2.05, 4.69) is 15.5 Å². The second kappa shape index (κ2) is 8.64. The molecule has 0 bridgehead atoms. The monoisotopic (exact) mass is 318 g/mol. The van der Waals surface area contributed by atoms with Crippen LogP contribution in [0.15, 0.2) is 30.3 Å². The van der Waals surface area contributed by atoms with Gasteiger partial charge >= 0.3 is 0 Å². The van der Waals surface area contributed by atoms with Crippen molar-refractivity contribution in [2.45, 2.75) is 31.3 Å². The van der Waals surface area contributed by atoms with E-state index >= 15 is 0 Å². The quantitative estimate of drug-likeness (QED) is 0.709. The van der Waals surface area contributed by atoms with E-state index in [-0.39, 0.29) is 23.9 Å². The summed E-state index contributed by atoms with van der Waals surface area (Å²) in [6, 6.07) is 9.56. The molecule has 2 amide bonds. The fourth-order valence-electron chi connectivity index (χ4n) is 2.82. The molecule has 6 nitrogen and oxygen atoms in total. The number of rotatable bonds is 6. The molecule has 0 saturated carbocycles. The van der Waals surface area contributed by atoms with Crippen molar-refractivity contribution in [1.82, 2.24) is 15.5 Å². The van der Waals surface area contributed by atoms with Crippen LogP contribution in [0.4, 0.5) is 0 Å². The normalized spacial score (nSPS) is 17.5. The van der Waals surface area contributed by atoms with E-state index in [1.807, 2.05) is 30.3 Å². The summed E-state index contributed by atoms with van der Waals surface area (Å²) in [5.41, 5.74) is 7.05. The topological polar surface area (TPSA) is 87.5 Å². The van der Waals surface area contributed by atoms with Crippen molar-refractivity contribution in [1.29, 1.82) is 0 Å². The number of likely N-dealkylation sites (tertiary alicyclic amines) is 1. The Labute approximate surface area is 137 Å². The second-order valence-corrected chi connectivity index (χ2v) is 6.01. The number of nitrogens with one attached hydrogen (secondary N) is 2. The molecule has 0 aliphatic carbocycles.